The van der Waals surface area contributed by atoms with Gasteiger partial charge in [0, 0.05) is 31.1 Å². The number of nitrogens with two attached hydrogens (primary N) is 1. The monoisotopic (exact) mass is 454 g/mol. The van der Waals surface area contributed by atoms with Crippen molar-refractivity contribution in [1.29, 1.82) is 0 Å². The van der Waals surface area contributed by atoms with Crippen molar-refractivity contribution < 1.29 is 14.6 Å². The maximum Gasteiger partial charge on any atom is 0.409 e. The van der Waals surface area contributed by atoms with Crippen LogP contribution in [0.2, 0.25) is 0 Å². The van der Waals surface area contributed by atoms with Crippen molar-refractivity contribution >= 4 is 22.8 Å². The fraction of sp³-hybridized carbons (Fsp3) is 0.455. The molecule has 11 heteroatoms. The molecule has 1 atom stereocenters. The fourth-order valence-electron chi connectivity index (χ4n) is 4.41. The molecule has 0 bridgehead atoms. The predicted octanol–water partition coefficient (Wildman–Crippen LogP) is 1.97. The summed E-state index contributed by atoms with van der Waals surface area (Å²) in [4.78, 5) is 24.5. The lowest BCUT2D eigenvalue weighted by atomic mass is 10.0. The first-order valence-electron chi connectivity index (χ1n) is 10.9. The predicted molar refractivity (Wildman–Crippen MR) is 125 cm³/mol. The second-order valence-corrected chi connectivity index (χ2v) is 8.47. The molecule has 1 aliphatic rings. The van der Waals surface area contributed by atoms with E-state index in [4.69, 9.17) is 15.6 Å². The van der Waals surface area contributed by atoms with Crippen LogP contribution in [0, 0.1) is 0 Å². The van der Waals surface area contributed by atoms with Crippen LogP contribution in [0.3, 0.4) is 0 Å². The molecule has 176 valence electrons. The minimum Gasteiger partial charge on any atom is -0.495 e. The summed E-state index contributed by atoms with van der Waals surface area (Å²) in [6.07, 6.45) is 2.93. The van der Waals surface area contributed by atoms with E-state index in [0.717, 1.165) is 48.3 Å². The number of rotatable bonds is 7. The number of nitrogens with zero attached hydrogens (tertiary/aromatic N) is 5. The third kappa shape index (κ3) is 4.90. The van der Waals surface area contributed by atoms with Gasteiger partial charge in [-0.15, -0.1) is 0 Å². The average molecular weight is 455 g/mol. The van der Waals surface area contributed by atoms with Crippen LogP contribution in [-0.4, -0.2) is 87.7 Å². The summed E-state index contributed by atoms with van der Waals surface area (Å²) in [6.45, 7) is 1.90. The number of hydrogen-bond donors (Lipinski definition) is 4. The van der Waals surface area contributed by atoms with Crippen LogP contribution in [0.5, 0.6) is 5.75 Å². The summed E-state index contributed by atoms with van der Waals surface area (Å²) in [6, 6.07) is 5.79. The van der Waals surface area contributed by atoms with Gasteiger partial charge in [0.25, 0.3) is 0 Å². The smallest absolute Gasteiger partial charge is 0.409 e. The molecule has 0 saturated carbocycles. The van der Waals surface area contributed by atoms with Crippen molar-refractivity contribution in [3.63, 3.8) is 0 Å². The van der Waals surface area contributed by atoms with Crippen molar-refractivity contribution in [2.75, 3.05) is 39.6 Å². The summed E-state index contributed by atoms with van der Waals surface area (Å²) in [7, 11) is 5.74. The minimum absolute atomic E-state index is 0.161. The molecule has 1 aliphatic heterocycles. The third-order valence-electron chi connectivity index (χ3n) is 6.26. The van der Waals surface area contributed by atoms with Gasteiger partial charge >= 0.3 is 6.09 Å². The van der Waals surface area contributed by atoms with E-state index in [1.54, 1.807) is 18.2 Å². The molecule has 1 saturated heterocycles. The van der Waals surface area contributed by atoms with E-state index in [1.165, 1.54) is 13.4 Å². The lowest BCUT2D eigenvalue weighted by Gasteiger charge is -2.38. The number of aromatic amines is 1. The van der Waals surface area contributed by atoms with E-state index in [-0.39, 0.29) is 6.17 Å². The Kier molecular flexibility index (Phi) is 6.72. The van der Waals surface area contributed by atoms with Gasteiger partial charge < -0.3 is 20.5 Å². The Balaban J connectivity index is 1.61. The van der Waals surface area contributed by atoms with E-state index in [2.05, 4.69) is 49.4 Å². The zero-order valence-corrected chi connectivity index (χ0v) is 19.1. The Hall–Kier alpha value is -3.28. The number of methoxy groups -OCH3 is 1. The second kappa shape index (κ2) is 9.69. The molecule has 1 aromatic carbocycles. The summed E-state index contributed by atoms with van der Waals surface area (Å²) in [5.74, 6) is 0.400. The number of carboxylic acid groups (broad SMARTS) is 1. The highest BCUT2D eigenvalue weighted by Crippen LogP contribution is 2.34. The molecule has 3 aromatic rings. The molecular weight excluding hydrogens is 424 g/mol. The van der Waals surface area contributed by atoms with Crippen molar-refractivity contribution in [3.05, 3.63) is 30.2 Å². The highest BCUT2D eigenvalue weighted by Gasteiger charge is 2.26. The maximum absolute atomic E-state index is 11.0. The topological polar surface area (TPSA) is 146 Å². The number of piperidine rings is 1. The van der Waals surface area contributed by atoms with E-state index in [9.17, 15) is 4.79 Å². The van der Waals surface area contributed by atoms with Crippen molar-refractivity contribution in [1.82, 2.24) is 30.0 Å². The summed E-state index contributed by atoms with van der Waals surface area (Å²) in [5.41, 5.74) is 9.85. The molecule has 33 heavy (non-hydrogen) atoms. The quantitative estimate of drug-likeness (QED) is 0.421. The number of ether oxygens (including phenoxy) is 1. The first kappa shape index (κ1) is 22.9. The molecule has 1 fully saturated rings. The zero-order valence-electron chi connectivity index (χ0n) is 19.1. The number of anilines is 1. The summed E-state index contributed by atoms with van der Waals surface area (Å²) in [5, 5.41) is 19.6. The Morgan fingerprint density at radius 3 is 2.79 bits per heavy atom. The van der Waals surface area contributed by atoms with Crippen LogP contribution < -0.4 is 15.8 Å². The largest absolute Gasteiger partial charge is 0.495 e. The van der Waals surface area contributed by atoms with Gasteiger partial charge in [0.2, 0.25) is 0 Å². The Morgan fingerprint density at radius 1 is 1.36 bits per heavy atom. The molecule has 0 unspecified atom stereocenters. The molecular formula is C22H30N8O3. The first-order valence-corrected chi connectivity index (χ1v) is 10.9. The van der Waals surface area contributed by atoms with E-state index in [0.29, 0.717) is 29.5 Å². The molecule has 3 heterocycles. The summed E-state index contributed by atoms with van der Waals surface area (Å²) >= 11 is 0. The van der Waals surface area contributed by atoms with Crippen LogP contribution in [-0.2, 0) is 6.42 Å². The van der Waals surface area contributed by atoms with Crippen molar-refractivity contribution in [2.24, 2.45) is 5.73 Å². The Labute approximate surface area is 191 Å². The van der Waals surface area contributed by atoms with E-state index in [1.807, 2.05) is 0 Å². The molecule has 2 aromatic heterocycles. The number of aromatic nitrogens is 4. The highest BCUT2D eigenvalue weighted by atomic mass is 16.5. The lowest BCUT2D eigenvalue weighted by molar-refractivity contribution is 0.110. The van der Waals surface area contributed by atoms with Gasteiger partial charge in [0.1, 0.15) is 12.1 Å². The Morgan fingerprint density at radius 2 is 2.12 bits per heavy atom. The zero-order chi connectivity index (χ0) is 23.5. The number of carbonyl (C=O) groups is 1. The van der Waals surface area contributed by atoms with Gasteiger partial charge in [-0.05, 0) is 39.1 Å². The number of benzene rings is 1. The van der Waals surface area contributed by atoms with E-state index >= 15 is 0 Å². The van der Waals surface area contributed by atoms with Gasteiger partial charge in [-0.1, -0.05) is 6.07 Å². The number of amides is 1. The second-order valence-electron chi connectivity index (χ2n) is 8.47. The van der Waals surface area contributed by atoms with E-state index < -0.39 is 6.09 Å². The number of nitrogens with one attached hydrogen (secondary N) is 2. The third-order valence-corrected chi connectivity index (χ3v) is 6.26. The molecule has 0 aliphatic carbocycles. The Bertz CT molecular complexity index is 1120. The van der Waals surface area contributed by atoms with Crippen molar-refractivity contribution in [3.8, 4) is 17.0 Å². The van der Waals surface area contributed by atoms with Gasteiger partial charge in [0.05, 0.1) is 35.7 Å². The molecule has 5 N–H and O–H groups in total. The standard InChI is InChI=1S/C22H30N8O3/c1-29(2)14-6-8-30(9-7-14)18(23)11-16-19-20(27-28-21(19)25-12-24-16)13-4-5-15(26-22(31)32)17(10-13)33-3/h4-5,10,12,14,18,26H,6-9,11,23H2,1-3H3,(H,31,32)(H,24,25,27,28)/t18-/m0/s1. The normalized spacial score (nSPS) is 16.3. The van der Waals surface area contributed by atoms with Crippen molar-refractivity contribution in [2.45, 2.75) is 31.5 Å². The van der Waals surface area contributed by atoms with Gasteiger partial charge in [-0.25, -0.2) is 14.8 Å². The van der Waals surface area contributed by atoms with Crippen LogP contribution in [0.15, 0.2) is 24.5 Å². The number of H-pyrrole nitrogens is 1. The van der Waals surface area contributed by atoms with Crippen LogP contribution >= 0.6 is 0 Å². The average Bonchev–Trinajstić information content (AvgIpc) is 3.24. The van der Waals surface area contributed by atoms with Gasteiger partial charge in [-0.3, -0.25) is 15.3 Å². The summed E-state index contributed by atoms with van der Waals surface area (Å²) < 4.78 is 5.38. The molecule has 4 rings (SSSR count). The highest BCUT2D eigenvalue weighted by molar-refractivity contribution is 5.94. The maximum atomic E-state index is 11.0. The molecule has 0 radical (unpaired) electrons. The molecule has 11 nitrogen and oxygen atoms in total. The minimum atomic E-state index is -1.16. The van der Waals surface area contributed by atoms with Crippen LogP contribution in [0.25, 0.3) is 22.3 Å². The number of fused-ring (bicyclic) bond motifs is 1. The number of hydrogen-bond acceptors (Lipinski definition) is 8. The molecule has 0 spiro atoms. The fourth-order valence-corrected chi connectivity index (χ4v) is 4.41. The SMILES string of the molecule is COc1cc(-c2[nH]nc3ncnc(C[C@@H](N)N4CCC(N(C)C)CC4)c23)ccc1NC(=O)O. The van der Waals surface area contributed by atoms with Gasteiger partial charge in [0.15, 0.2) is 5.65 Å². The first-order chi connectivity index (χ1) is 15.9. The number of likely N-dealkylation sites (tertiary alicyclic amines) is 1. The van der Waals surface area contributed by atoms with Gasteiger partial charge in [-0.2, -0.15) is 5.10 Å². The van der Waals surface area contributed by atoms with Crippen LogP contribution in [0.1, 0.15) is 18.5 Å². The van der Waals surface area contributed by atoms with Crippen LogP contribution in [0.4, 0.5) is 10.5 Å². The molecule has 1 amide bonds. The lowest BCUT2D eigenvalue weighted by Crippen LogP contribution is -2.50.